The van der Waals surface area contributed by atoms with E-state index in [1.807, 2.05) is 30.9 Å². The third kappa shape index (κ3) is 5.46. The lowest BCUT2D eigenvalue weighted by Gasteiger charge is -2.33. The zero-order valence-electron chi connectivity index (χ0n) is 19.8. The molecule has 1 aliphatic heterocycles. The third-order valence-corrected chi connectivity index (χ3v) is 6.35. The minimum atomic E-state index is -0.261. The van der Waals surface area contributed by atoms with Crippen molar-refractivity contribution >= 4 is 23.2 Å². The second-order valence-electron chi connectivity index (χ2n) is 9.01. The van der Waals surface area contributed by atoms with E-state index in [0.29, 0.717) is 29.0 Å². The molecule has 0 spiro atoms. The van der Waals surface area contributed by atoms with Crippen molar-refractivity contribution in [3.8, 4) is 0 Å². The van der Waals surface area contributed by atoms with Crippen LogP contribution in [0.15, 0.2) is 72.8 Å². The van der Waals surface area contributed by atoms with Crippen molar-refractivity contribution in [2.24, 2.45) is 0 Å². The molecule has 1 aliphatic rings. The number of anilines is 2. The number of carbonyl (C=O) groups is 2. The van der Waals surface area contributed by atoms with E-state index in [4.69, 9.17) is 5.73 Å². The Bertz CT molecular complexity index is 1160. The summed E-state index contributed by atoms with van der Waals surface area (Å²) in [4.78, 5) is 30.2. The van der Waals surface area contributed by atoms with Gasteiger partial charge in [-0.25, -0.2) is 0 Å². The molecule has 1 heterocycles. The van der Waals surface area contributed by atoms with Crippen LogP contribution in [0.5, 0.6) is 0 Å². The van der Waals surface area contributed by atoms with Crippen LogP contribution in [0, 0.1) is 0 Å². The summed E-state index contributed by atoms with van der Waals surface area (Å²) < 4.78 is 0. The molecular weight excluding hydrogens is 424 g/mol. The molecule has 2 amide bonds. The van der Waals surface area contributed by atoms with Gasteiger partial charge in [0.05, 0.1) is 11.4 Å². The molecule has 0 aliphatic carbocycles. The zero-order chi connectivity index (χ0) is 24.1. The van der Waals surface area contributed by atoms with E-state index in [2.05, 4.69) is 34.5 Å². The fraction of sp³-hybridized carbons (Fsp3) is 0.286. The maximum atomic E-state index is 13.3. The van der Waals surface area contributed by atoms with Crippen molar-refractivity contribution in [1.82, 2.24) is 9.80 Å². The molecule has 6 nitrogen and oxygen atoms in total. The predicted octanol–water partition coefficient (Wildman–Crippen LogP) is 4.43. The maximum absolute atomic E-state index is 13.3. The molecule has 34 heavy (non-hydrogen) atoms. The van der Waals surface area contributed by atoms with E-state index in [9.17, 15) is 9.59 Å². The second kappa shape index (κ2) is 10.5. The average Bonchev–Trinajstić information content (AvgIpc) is 2.85. The van der Waals surface area contributed by atoms with Gasteiger partial charge in [-0.05, 0) is 67.8 Å². The Morgan fingerprint density at radius 3 is 2.29 bits per heavy atom. The van der Waals surface area contributed by atoms with E-state index >= 15 is 0 Å². The molecule has 3 aromatic carbocycles. The highest BCUT2D eigenvalue weighted by atomic mass is 16.2. The number of nitrogen functional groups attached to an aromatic ring is 1. The van der Waals surface area contributed by atoms with E-state index < -0.39 is 0 Å². The molecule has 3 N–H and O–H groups in total. The number of nitrogens with two attached hydrogens (primary N) is 1. The molecule has 0 saturated heterocycles. The highest BCUT2D eigenvalue weighted by Gasteiger charge is 2.22. The Kier molecular flexibility index (Phi) is 7.28. The van der Waals surface area contributed by atoms with E-state index in [1.165, 1.54) is 11.1 Å². The van der Waals surface area contributed by atoms with E-state index in [1.54, 1.807) is 36.4 Å². The Morgan fingerprint density at radius 2 is 1.59 bits per heavy atom. The van der Waals surface area contributed by atoms with Crippen LogP contribution in [0.2, 0.25) is 0 Å². The van der Waals surface area contributed by atoms with Gasteiger partial charge in [-0.15, -0.1) is 0 Å². The number of carbonyl (C=O) groups excluding carboxylic acids is 2. The summed E-state index contributed by atoms with van der Waals surface area (Å²) in [5.74, 6) is -0.283. The fourth-order valence-electron chi connectivity index (χ4n) is 4.32. The van der Waals surface area contributed by atoms with Gasteiger partial charge in [-0.3, -0.25) is 14.5 Å². The van der Waals surface area contributed by atoms with E-state index in [0.717, 1.165) is 26.1 Å². The van der Waals surface area contributed by atoms with Gasteiger partial charge in [0.15, 0.2) is 0 Å². The summed E-state index contributed by atoms with van der Waals surface area (Å²) in [6, 6.07) is 22.6. The second-order valence-corrected chi connectivity index (χ2v) is 9.01. The molecule has 0 saturated carbocycles. The monoisotopic (exact) mass is 456 g/mol. The van der Waals surface area contributed by atoms with Crippen molar-refractivity contribution in [1.29, 1.82) is 0 Å². The number of benzene rings is 3. The number of hydrogen-bond donors (Lipinski definition) is 2. The normalized spacial score (nSPS) is 13.4. The van der Waals surface area contributed by atoms with Gasteiger partial charge in [0.1, 0.15) is 0 Å². The minimum Gasteiger partial charge on any atom is -0.397 e. The van der Waals surface area contributed by atoms with Crippen LogP contribution < -0.4 is 11.1 Å². The van der Waals surface area contributed by atoms with Crippen LogP contribution in [0.4, 0.5) is 11.4 Å². The maximum Gasteiger partial charge on any atom is 0.255 e. The highest BCUT2D eigenvalue weighted by molar-refractivity contribution is 6.06. The fourth-order valence-corrected chi connectivity index (χ4v) is 4.32. The number of fused-ring (bicyclic) bond motifs is 1. The molecule has 0 bridgehead atoms. The first kappa shape index (κ1) is 23.5. The predicted molar refractivity (Wildman–Crippen MR) is 137 cm³/mol. The standard InChI is InChI=1S/C28H32N4O2/c1-20(2)32(18-17-31-16-15-21-7-3-4-8-24(21)19-31)28(34)23-13-11-22(12-14-23)27(33)30-26-10-6-5-9-25(26)29/h3-14,20H,15-19,29H2,1-2H3,(H,30,33). The summed E-state index contributed by atoms with van der Waals surface area (Å²) in [6.07, 6.45) is 1.05. The summed E-state index contributed by atoms with van der Waals surface area (Å²) in [5.41, 5.74) is 10.8. The van der Waals surface area contributed by atoms with Crippen molar-refractivity contribution < 1.29 is 9.59 Å². The Balaban J connectivity index is 1.38. The molecule has 176 valence electrons. The Labute approximate surface area is 201 Å². The van der Waals surface area contributed by atoms with Crippen LogP contribution in [0.1, 0.15) is 45.7 Å². The average molecular weight is 457 g/mol. The smallest absolute Gasteiger partial charge is 0.255 e. The van der Waals surface area contributed by atoms with Gasteiger partial charge in [-0.2, -0.15) is 0 Å². The highest BCUT2D eigenvalue weighted by Crippen LogP contribution is 2.20. The number of hydrogen-bond acceptors (Lipinski definition) is 4. The number of amides is 2. The van der Waals surface area contributed by atoms with Gasteiger partial charge in [-0.1, -0.05) is 36.4 Å². The summed E-state index contributed by atoms with van der Waals surface area (Å²) in [7, 11) is 0. The molecule has 0 radical (unpaired) electrons. The molecule has 0 fully saturated rings. The number of rotatable bonds is 7. The van der Waals surface area contributed by atoms with Crippen molar-refractivity contribution in [2.45, 2.75) is 32.9 Å². The summed E-state index contributed by atoms with van der Waals surface area (Å²) in [6.45, 7) is 7.50. The quantitative estimate of drug-likeness (QED) is 0.516. The van der Waals surface area contributed by atoms with Crippen LogP contribution >= 0.6 is 0 Å². The molecular formula is C28H32N4O2. The zero-order valence-corrected chi connectivity index (χ0v) is 19.8. The van der Waals surface area contributed by atoms with Crippen molar-refractivity contribution in [2.75, 3.05) is 30.7 Å². The van der Waals surface area contributed by atoms with Gasteiger partial charge in [0, 0.05) is 43.3 Å². The third-order valence-electron chi connectivity index (χ3n) is 6.35. The van der Waals surface area contributed by atoms with Crippen molar-refractivity contribution in [3.05, 3.63) is 95.1 Å². The first-order valence-corrected chi connectivity index (χ1v) is 11.8. The Hall–Kier alpha value is -3.64. The summed E-state index contributed by atoms with van der Waals surface area (Å²) in [5, 5.41) is 2.82. The van der Waals surface area contributed by atoms with Crippen molar-refractivity contribution in [3.63, 3.8) is 0 Å². The SMILES string of the molecule is CC(C)N(CCN1CCc2ccccc2C1)C(=O)c1ccc(C(=O)Nc2ccccc2N)cc1. The molecule has 4 rings (SSSR count). The number of para-hydroxylation sites is 2. The largest absolute Gasteiger partial charge is 0.397 e. The lowest BCUT2D eigenvalue weighted by Crippen LogP contribution is -2.43. The lowest BCUT2D eigenvalue weighted by atomic mass is 10.00. The topological polar surface area (TPSA) is 78.7 Å². The summed E-state index contributed by atoms with van der Waals surface area (Å²) >= 11 is 0. The van der Waals surface area contributed by atoms with Gasteiger partial charge < -0.3 is 16.0 Å². The van der Waals surface area contributed by atoms with Crippen LogP contribution in [0.3, 0.4) is 0 Å². The molecule has 0 aromatic heterocycles. The first-order chi connectivity index (χ1) is 16.4. The van der Waals surface area contributed by atoms with Crippen LogP contribution in [-0.4, -0.2) is 47.3 Å². The van der Waals surface area contributed by atoms with Crippen LogP contribution in [-0.2, 0) is 13.0 Å². The number of nitrogens with one attached hydrogen (secondary N) is 1. The van der Waals surface area contributed by atoms with Gasteiger partial charge in [0.25, 0.3) is 11.8 Å². The molecule has 3 aromatic rings. The number of nitrogens with zero attached hydrogens (tertiary/aromatic N) is 2. The van der Waals surface area contributed by atoms with Crippen LogP contribution in [0.25, 0.3) is 0 Å². The minimum absolute atomic E-state index is 0.0216. The molecule has 0 unspecified atom stereocenters. The van der Waals surface area contributed by atoms with E-state index in [-0.39, 0.29) is 17.9 Å². The first-order valence-electron chi connectivity index (χ1n) is 11.8. The Morgan fingerprint density at radius 1 is 0.941 bits per heavy atom. The lowest BCUT2D eigenvalue weighted by molar-refractivity contribution is 0.0676. The van der Waals surface area contributed by atoms with Gasteiger partial charge >= 0.3 is 0 Å². The molecule has 6 heteroatoms. The molecule has 0 atom stereocenters. The van der Waals surface area contributed by atoms with Gasteiger partial charge in [0.2, 0.25) is 0 Å².